The summed E-state index contributed by atoms with van der Waals surface area (Å²) in [5.74, 6) is -0.165. The molecule has 1 unspecified atom stereocenters. The molecule has 1 rings (SSSR count). The fourth-order valence-corrected chi connectivity index (χ4v) is 2.51. The summed E-state index contributed by atoms with van der Waals surface area (Å²) in [4.78, 5) is 18.1. The van der Waals surface area contributed by atoms with Gasteiger partial charge in [0.2, 0.25) is 21.9 Å². The van der Waals surface area contributed by atoms with Gasteiger partial charge in [0.15, 0.2) is 0 Å². The zero-order valence-corrected chi connectivity index (χ0v) is 10.5. The lowest BCUT2D eigenvalue weighted by Crippen LogP contribution is -2.42. The Kier molecular flexibility index (Phi) is 4.64. The average Bonchev–Trinajstić information content (AvgIpc) is 2.69. The number of H-pyrrole nitrogens is 1. The topological polar surface area (TPSA) is 104 Å². The third-order valence-electron chi connectivity index (χ3n) is 1.96. The van der Waals surface area contributed by atoms with Crippen molar-refractivity contribution in [3.05, 3.63) is 12.4 Å². The van der Waals surface area contributed by atoms with Crippen molar-refractivity contribution < 1.29 is 13.2 Å². The molecule has 0 spiro atoms. The van der Waals surface area contributed by atoms with Gasteiger partial charge in [-0.1, -0.05) is 6.92 Å². The third-order valence-corrected chi connectivity index (χ3v) is 3.62. The van der Waals surface area contributed by atoms with Gasteiger partial charge < -0.3 is 4.98 Å². The highest BCUT2D eigenvalue weighted by molar-refractivity contribution is 7.89. The number of sulfonamides is 1. The minimum Gasteiger partial charge on any atom is -0.331 e. The smallest absolute Gasteiger partial charge is 0.244 e. The second-order valence-electron chi connectivity index (χ2n) is 3.59. The van der Waals surface area contributed by atoms with Crippen LogP contribution < -0.4 is 10.0 Å². The fourth-order valence-electron chi connectivity index (χ4n) is 1.21. The van der Waals surface area contributed by atoms with E-state index in [-0.39, 0.29) is 11.7 Å². The highest BCUT2D eigenvalue weighted by Gasteiger charge is 2.19. The van der Waals surface area contributed by atoms with Crippen molar-refractivity contribution in [1.29, 1.82) is 0 Å². The number of nitrogens with zero attached hydrogens (tertiary/aromatic N) is 1. The number of carbonyl (C=O) groups is 1. The van der Waals surface area contributed by atoms with E-state index in [1.807, 2.05) is 0 Å². The largest absolute Gasteiger partial charge is 0.331 e. The molecule has 1 heterocycles. The van der Waals surface area contributed by atoms with E-state index in [0.29, 0.717) is 6.42 Å². The first kappa shape index (κ1) is 13.7. The van der Waals surface area contributed by atoms with E-state index >= 15 is 0 Å². The molecular weight excluding hydrogens is 244 g/mol. The minimum absolute atomic E-state index is 0.00533. The van der Waals surface area contributed by atoms with E-state index < -0.39 is 22.0 Å². The van der Waals surface area contributed by atoms with Gasteiger partial charge in [-0.15, -0.1) is 0 Å². The lowest BCUT2D eigenvalue weighted by molar-refractivity contribution is -0.117. The summed E-state index contributed by atoms with van der Waals surface area (Å²) in [6.45, 7) is 3.23. The van der Waals surface area contributed by atoms with E-state index in [2.05, 4.69) is 20.0 Å². The van der Waals surface area contributed by atoms with Gasteiger partial charge >= 0.3 is 0 Å². The predicted molar refractivity (Wildman–Crippen MR) is 63.9 cm³/mol. The van der Waals surface area contributed by atoms with E-state index in [4.69, 9.17) is 0 Å². The highest BCUT2D eigenvalue weighted by Crippen LogP contribution is 1.98. The Bertz CT molecular complexity index is 455. The number of anilines is 1. The molecule has 0 fully saturated rings. The number of hydrogen-bond acceptors (Lipinski definition) is 4. The molecule has 17 heavy (non-hydrogen) atoms. The van der Waals surface area contributed by atoms with Crippen molar-refractivity contribution in [2.45, 2.75) is 26.3 Å². The Morgan fingerprint density at radius 3 is 2.82 bits per heavy atom. The molecule has 1 aromatic heterocycles. The SMILES string of the molecule is CCCS(=O)(=O)NC(C)C(=O)Nc1ncc[nH]1. The van der Waals surface area contributed by atoms with Crippen LogP contribution in [0.2, 0.25) is 0 Å². The van der Waals surface area contributed by atoms with Gasteiger partial charge in [0, 0.05) is 12.4 Å². The van der Waals surface area contributed by atoms with Crippen LogP contribution in [-0.2, 0) is 14.8 Å². The summed E-state index contributed by atoms with van der Waals surface area (Å²) in [6, 6.07) is -0.836. The third kappa shape index (κ3) is 4.53. The molecule has 7 nitrogen and oxygen atoms in total. The first-order chi connectivity index (χ1) is 7.94. The summed E-state index contributed by atoms with van der Waals surface area (Å²) in [7, 11) is -3.40. The minimum atomic E-state index is -3.40. The fraction of sp³-hybridized carbons (Fsp3) is 0.556. The average molecular weight is 260 g/mol. The van der Waals surface area contributed by atoms with Crippen LogP contribution >= 0.6 is 0 Å². The van der Waals surface area contributed by atoms with Crippen molar-refractivity contribution in [3.8, 4) is 0 Å². The van der Waals surface area contributed by atoms with Gasteiger partial charge in [0.05, 0.1) is 11.8 Å². The van der Waals surface area contributed by atoms with E-state index in [9.17, 15) is 13.2 Å². The lowest BCUT2D eigenvalue weighted by atomic mass is 10.3. The monoisotopic (exact) mass is 260 g/mol. The molecule has 1 aromatic rings. The van der Waals surface area contributed by atoms with Crippen LogP contribution in [0.4, 0.5) is 5.95 Å². The van der Waals surface area contributed by atoms with Crippen LogP contribution in [0.25, 0.3) is 0 Å². The number of aromatic amines is 1. The zero-order chi connectivity index (χ0) is 12.9. The molecule has 8 heteroatoms. The molecule has 0 saturated carbocycles. The van der Waals surface area contributed by atoms with Crippen molar-refractivity contribution in [1.82, 2.24) is 14.7 Å². The first-order valence-electron chi connectivity index (χ1n) is 5.25. The van der Waals surface area contributed by atoms with Gasteiger partial charge in [-0.25, -0.2) is 18.1 Å². The van der Waals surface area contributed by atoms with Gasteiger partial charge in [-0.05, 0) is 13.3 Å². The van der Waals surface area contributed by atoms with Gasteiger partial charge in [0.25, 0.3) is 0 Å². The summed E-state index contributed by atoms with van der Waals surface area (Å²) >= 11 is 0. The van der Waals surface area contributed by atoms with E-state index in [1.54, 1.807) is 13.1 Å². The van der Waals surface area contributed by atoms with Crippen LogP contribution in [0, 0.1) is 0 Å². The Hall–Kier alpha value is -1.41. The zero-order valence-electron chi connectivity index (χ0n) is 9.73. The molecule has 0 aliphatic rings. The molecule has 1 atom stereocenters. The number of nitrogens with one attached hydrogen (secondary N) is 3. The summed E-state index contributed by atoms with van der Waals surface area (Å²) in [5, 5.41) is 2.45. The normalized spacial score (nSPS) is 13.3. The summed E-state index contributed by atoms with van der Waals surface area (Å²) < 4.78 is 25.2. The highest BCUT2D eigenvalue weighted by atomic mass is 32.2. The molecule has 1 amide bonds. The Morgan fingerprint density at radius 1 is 1.59 bits per heavy atom. The molecule has 96 valence electrons. The maximum atomic E-state index is 11.6. The van der Waals surface area contributed by atoms with E-state index in [0.717, 1.165) is 0 Å². The quantitative estimate of drug-likeness (QED) is 0.673. The molecule has 0 radical (unpaired) electrons. The van der Waals surface area contributed by atoms with E-state index in [1.165, 1.54) is 13.1 Å². The molecule has 3 N–H and O–H groups in total. The summed E-state index contributed by atoms with van der Waals surface area (Å²) in [5.41, 5.74) is 0. The van der Waals surface area contributed by atoms with Crippen molar-refractivity contribution in [2.75, 3.05) is 11.1 Å². The number of imidazole rings is 1. The second-order valence-corrected chi connectivity index (χ2v) is 5.46. The van der Waals surface area contributed by atoms with Crippen molar-refractivity contribution in [3.63, 3.8) is 0 Å². The van der Waals surface area contributed by atoms with Crippen LogP contribution in [-0.4, -0.2) is 36.1 Å². The summed E-state index contributed by atoms with van der Waals surface area (Å²) in [6.07, 6.45) is 3.55. The first-order valence-corrected chi connectivity index (χ1v) is 6.90. The predicted octanol–water partition coefficient (Wildman–Crippen LogP) is 0.0661. The number of aromatic nitrogens is 2. The number of carbonyl (C=O) groups excluding carboxylic acids is 1. The number of amides is 1. The maximum absolute atomic E-state index is 11.6. The molecule has 0 aliphatic heterocycles. The lowest BCUT2D eigenvalue weighted by Gasteiger charge is -2.12. The second kappa shape index (κ2) is 5.78. The van der Waals surface area contributed by atoms with Crippen LogP contribution in [0.1, 0.15) is 20.3 Å². The van der Waals surface area contributed by atoms with Gasteiger partial charge in [-0.3, -0.25) is 10.1 Å². The van der Waals surface area contributed by atoms with Crippen LogP contribution in [0.5, 0.6) is 0 Å². The molecule has 0 aromatic carbocycles. The molecular formula is C9H16N4O3S. The van der Waals surface area contributed by atoms with Crippen LogP contribution in [0.3, 0.4) is 0 Å². The number of hydrogen-bond donors (Lipinski definition) is 3. The number of rotatable bonds is 6. The Morgan fingerprint density at radius 2 is 2.29 bits per heavy atom. The van der Waals surface area contributed by atoms with Gasteiger partial charge in [0.1, 0.15) is 0 Å². The van der Waals surface area contributed by atoms with Crippen molar-refractivity contribution >= 4 is 21.9 Å². The van der Waals surface area contributed by atoms with Gasteiger partial charge in [-0.2, -0.15) is 0 Å². The standard InChI is InChI=1S/C9H16N4O3S/c1-3-6-17(15,16)13-7(2)8(14)12-9-10-4-5-11-9/h4-5,7,13H,3,6H2,1-2H3,(H2,10,11,12,14). The van der Waals surface area contributed by atoms with Crippen LogP contribution in [0.15, 0.2) is 12.4 Å². The Balaban J connectivity index is 2.53. The maximum Gasteiger partial charge on any atom is 0.244 e. The molecule has 0 bridgehead atoms. The molecule has 0 aliphatic carbocycles. The van der Waals surface area contributed by atoms with Crippen molar-refractivity contribution in [2.24, 2.45) is 0 Å². The molecule has 0 saturated heterocycles. The Labute approximate surface area is 100 Å².